The third kappa shape index (κ3) is 5.88. The first-order valence-corrected chi connectivity index (χ1v) is 11.0. The number of sulfonamides is 1. The lowest BCUT2D eigenvalue weighted by molar-refractivity contribution is 0.0950. The number of aromatic nitrogens is 1. The summed E-state index contributed by atoms with van der Waals surface area (Å²) in [6, 6.07) is 19.1. The number of hydrogen-bond donors (Lipinski definition) is 2. The molecule has 1 amide bonds. The standard InChI is InChI=1S/C22H23N3O4S/c1-2-25-30(27,28)20-10-8-19(9-11-20)22(26)24-15-18-12-13-23-21(14-18)29-16-17-6-4-3-5-7-17/h3-14,25H,2,15-16H2,1H3,(H,24,26). The quantitative estimate of drug-likeness (QED) is 0.549. The van der Waals surface area contributed by atoms with Crippen LogP contribution in [0, 0.1) is 0 Å². The van der Waals surface area contributed by atoms with E-state index in [1.807, 2.05) is 30.3 Å². The largest absolute Gasteiger partial charge is 0.473 e. The Labute approximate surface area is 176 Å². The summed E-state index contributed by atoms with van der Waals surface area (Å²) >= 11 is 0. The molecule has 1 aromatic heterocycles. The second kappa shape index (κ2) is 10.00. The molecule has 0 saturated heterocycles. The Bertz CT molecular complexity index is 1080. The van der Waals surface area contributed by atoms with Crippen LogP contribution < -0.4 is 14.8 Å². The van der Waals surface area contributed by atoms with Gasteiger partial charge in [-0.25, -0.2) is 18.1 Å². The van der Waals surface area contributed by atoms with Crippen molar-refractivity contribution in [2.45, 2.75) is 25.0 Å². The molecular formula is C22H23N3O4S. The third-order valence-electron chi connectivity index (χ3n) is 4.24. The summed E-state index contributed by atoms with van der Waals surface area (Å²) in [6.45, 7) is 2.70. The molecule has 156 valence electrons. The van der Waals surface area contributed by atoms with E-state index in [0.29, 0.717) is 31.1 Å². The van der Waals surface area contributed by atoms with Gasteiger partial charge in [0, 0.05) is 30.9 Å². The Kier molecular flexibility index (Phi) is 7.16. The number of nitrogens with one attached hydrogen (secondary N) is 2. The number of carbonyl (C=O) groups excluding carboxylic acids is 1. The van der Waals surface area contributed by atoms with Gasteiger partial charge in [0.1, 0.15) is 6.61 Å². The minimum atomic E-state index is -3.54. The van der Waals surface area contributed by atoms with Crippen LogP contribution in [0.1, 0.15) is 28.4 Å². The molecule has 0 saturated carbocycles. The first-order valence-electron chi connectivity index (χ1n) is 9.47. The van der Waals surface area contributed by atoms with E-state index < -0.39 is 10.0 Å². The van der Waals surface area contributed by atoms with Gasteiger partial charge < -0.3 is 10.1 Å². The van der Waals surface area contributed by atoms with Crippen LogP contribution in [0.3, 0.4) is 0 Å². The van der Waals surface area contributed by atoms with Crippen molar-refractivity contribution in [3.05, 3.63) is 89.6 Å². The van der Waals surface area contributed by atoms with Crippen molar-refractivity contribution < 1.29 is 17.9 Å². The monoisotopic (exact) mass is 425 g/mol. The fraction of sp³-hybridized carbons (Fsp3) is 0.182. The smallest absolute Gasteiger partial charge is 0.251 e. The topological polar surface area (TPSA) is 97.4 Å². The summed E-state index contributed by atoms with van der Waals surface area (Å²) < 4.78 is 32.1. The molecule has 7 nitrogen and oxygen atoms in total. The van der Waals surface area contributed by atoms with Crippen molar-refractivity contribution in [1.29, 1.82) is 0 Å². The van der Waals surface area contributed by atoms with Gasteiger partial charge in [0.25, 0.3) is 5.91 Å². The molecule has 0 aliphatic rings. The highest BCUT2D eigenvalue weighted by Crippen LogP contribution is 2.13. The number of rotatable bonds is 9. The molecule has 3 aromatic rings. The number of benzene rings is 2. The summed E-state index contributed by atoms with van der Waals surface area (Å²) in [5.41, 5.74) is 2.26. The predicted molar refractivity (Wildman–Crippen MR) is 113 cm³/mol. The molecule has 0 unspecified atom stereocenters. The van der Waals surface area contributed by atoms with E-state index in [4.69, 9.17) is 4.74 Å². The summed E-state index contributed by atoms with van der Waals surface area (Å²) in [7, 11) is -3.54. The van der Waals surface area contributed by atoms with Crippen molar-refractivity contribution in [2.75, 3.05) is 6.54 Å². The van der Waals surface area contributed by atoms with Gasteiger partial charge in [0.15, 0.2) is 0 Å². The van der Waals surface area contributed by atoms with Crippen molar-refractivity contribution in [3.8, 4) is 5.88 Å². The first kappa shape index (κ1) is 21.5. The minimum Gasteiger partial charge on any atom is -0.473 e. The zero-order chi connectivity index (χ0) is 21.4. The fourth-order valence-corrected chi connectivity index (χ4v) is 3.76. The molecular weight excluding hydrogens is 402 g/mol. The van der Waals surface area contributed by atoms with E-state index >= 15 is 0 Å². The van der Waals surface area contributed by atoms with Gasteiger partial charge in [-0.05, 0) is 41.5 Å². The van der Waals surface area contributed by atoms with Gasteiger partial charge in [0.2, 0.25) is 15.9 Å². The Morgan fingerprint density at radius 3 is 2.43 bits per heavy atom. The zero-order valence-corrected chi connectivity index (χ0v) is 17.4. The van der Waals surface area contributed by atoms with Gasteiger partial charge in [-0.1, -0.05) is 37.3 Å². The van der Waals surface area contributed by atoms with Crippen LogP contribution in [0.5, 0.6) is 5.88 Å². The number of amides is 1. The van der Waals surface area contributed by atoms with Crippen molar-refractivity contribution in [2.24, 2.45) is 0 Å². The van der Waals surface area contributed by atoms with Crippen LogP contribution >= 0.6 is 0 Å². The molecule has 30 heavy (non-hydrogen) atoms. The minimum absolute atomic E-state index is 0.121. The molecule has 0 radical (unpaired) electrons. The number of hydrogen-bond acceptors (Lipinski definition) is 5. The van der Waals surface area contributed by atoms with Gasteiger partial charge >= 0.3 is 0 Å². The van der Waals surface area contributed by atoms with E-state index in [2.05, 4.69) is 15.0 Å². The highest BCUT2D eigenvalue weighted by molar-refractivity contribution is 7.89. The molecule has 0 aliphatic carbocycles. The second-order valence-corrected chi connectivity index (χ2v) is 8.25. The third-order valence-corrected chi connectivity index (χ3v) is 5.80. The van der Waals surface area contributed by atoms with E-state index in [1.54, 1.807) is 25.3 Å². The molecule has 0 atom stereocenters. The van der Waals surface area contributed by atoms with Crippen LogP contribution in [0.4, 0.5) is 0 Å². The van der Waals surface area contributed by atoms with Crippen molar-refractivity contribution >= 4 is 15.9 Å². The predicted octanol–water partition coefficient (Wildman–Crippen LogP) is 2.89. The van der Waals surface area contributed by atoms with Gasteiger partial charge in [-0.15, -0.1) is 0 Å². The summed E-state index contributed by atoms with van der Waals surface area (Å²) in [6.07, 6.45) is 1.63. The average Bonchev–Trinajstić information content (AvgIpc) is 2.77. The van der Waals surface area contributed by atoms with Crippen molar-refractivity contribution in [1.82, 2.24) is 15.0 Å². The van der Waals surface area contributed by atoms with Crippen LogP contribution in [0.15, 0.2) is 77.8 Å². The summed E-state index contributed by atoms with van der Waals surface area (Å²) in [5.74, 6) is 0.176. The Morgan fingerprint density at radius 2 is 1.73 bits per heavy atom. The zero-order valence-electron chi connectivity index (χ0n) is 16.5. The van der Waals surface area contributed by atoms with Crippen LogP contribution in [0.25, 0.3) is 0 Å². The highest BCUT2D eigenvalue weighted by atomic mass is 32.2. The molecule has 0 spiro atoms. The van der Waals surface area contributed by atoms with Gasteiger partial charge in [0.05, 0.1) is 4.90 Å². The van der Waals surface area contributed by atoms with Crippen LogP contribution in [-0.4, -0.2) is 25.9 Å². The SMILES string of the molecule is CCNS(=O)(=O)c1ccc(C(=O)NCc2ccnc(OCc3ccccc3)c2)cc1. The lowest BCUT2D eigenvalue weighted by Crippen LogP contribution is -2.24. The maximum atomic E-state index is 12.4. The molecule has 1 heterocycles. The number of pyridine rings is 1. The van der Waals surface area contributed by atoms with Gasteiger partial charge in [-0.2, -0.15) is 0 Å². The molecule has 2 aromatic carbocycles. The Morgan fingerprint density at radius 1 is 1.00 bits per heavy atom. The van der Waals surface area contributed by atoms with E-state index in [-0.39, 0.29) is 10.8 Å². The fourth-order valence-electron chi connectivity index (χ4n) is 2.71. The van der Waals surface area contributed by atoms with E-state index in [9.17, 15) is 13.2 Å². The van der Waals surface area contributed by atoms with E-state index in [0.717, 1.165) is 11.1 Å². The van der Waals surface area contributed by atoms with Crippen LogP contribution in [-0.2, 0) is 23.2 Å². The second-order valence-electron chi connectivity index (χ2n) is 6.48. The first-order chi connectivity index (χ1) is 14.5. The van der Waals surface area contributed by atoms with Crippen molar-refractivity contribution in [3.63, 3.8) is 0 Å². The molecule has 0 bridgehead atoms. The normalized spacial score (nSPS) is 11.1. The average molecular weight is 426 g/mol. The number of ether oxygens (including phenoxy) is 1. The number of nitrogens with zero attached hydrogens (tertiary/aromatic N) is 1. The molecule has 3 rings (SSSR count). The lowest BCUT2D eigenvalue weighted by Gasteiger charge is -2.09. The van der Waals surface area contributed by atoms with E-state index in [1.165, 1.54) is 24.3 Å². The summed E-state index contributed by atoms with van der Waals surface area (Å²) in [4.78, 5) is 16.7. The molecule has 0 fully saturated rings. The molecule has 8 heteroatoms. The Hall–Kier alpha value is -3.23. The number of carbonyl (C=O) groups is 1. The molecule has 0 aliphatic heterocycles. The lowest BCUT2D eigenvalue weighted by atomic mass is 10.2. The van der Waals surface area contributed by atoms with Gasteiger partial charge in [-0.3, -0.25) is 4.79 Å². The maximum absolute atomic E-state index is 12.4. The summed E-state index contributed by atoms with van der Waals surface area (Å²) in [5, 5.41) is 2.81. The Balaban J connectivity index is 1.57. The maximum Gasteiger partial charge on any atom is 0.251 e. The highest BCUT2D eigenvalue weighted by Gasteiger charge is 2.13. The van der Waals surface area contributed by atoms with Crippen LogP contribution in [0.2, 0.25) is 0 Å². The molecule has 2 N–H and O–H groups in total.